The molecule has 7 heteroatoms. The Hall–Kier alpha value is -1.41. The van der Waals surface area contributed by atoms with Gasteiger partial charge in [0.15, 0.2) is 16.5 Å². The molecule has 2 fully saturated rings. The molecule has 0 aromatic heterocycles. The summed E-state index contributed by atoms with van der Waals surface area (Å²) in [6.45, 7) is 9.28. The molecule has 1 saturated carbocycles. The molecule has 1 aromatic rings. The highest BCUT2D eigenvalue weighted by Gasteiger charge is 2.73. The van der Waals surface area contributed by atoms with E-state index in [0.717, 1.165) is 45.1 Å². The van der Waals surface area contributed by atoms with Gasteiger partial charge in [0.2, 0.25) is 0 Å². The monoisotopic (exact) mass is 488 g/mol. The summed E-state index contributed by atoms with van der Waals surface area (Å²) < 4.78 is 19.4. The van der Waals surface area contributed by atoms with Crippen LogP contribution in [0.5, 0.6) is 11.5 Å². The highest BCUT2D eigenvalue weighted by molar-refractivity contribution is 7.80. The van der Waals surface area contributed by atoms with Crippen molar-refractivity contribution in [1.82, 2.24) is 10.2 Å². The smallest absolute Gasteiger partial charge is 0.177 e. The van der Waals surface area contributed by atoms with Gasteiger partial charge >= 0.3 is 0 Å². The van der Waals surface area contributed by atoms with Crippen molar-refractivity contribution in [1.29, 1.82) is 0 Å². The van der Waals surface area contributed by atoms with E-state index in [1.165, 1.54) is 11.1 Å². The average molecular weight is 489 g/mol. The molecule has 6 nitrogen and oxygen atoms in total. The van der Waals surface area contributed by atoms with E-state index in [0.29, 0.717) is 10.8 Å². The third-order valence-electron chi connectivity index (χ3n) is 8.74. The number of nitrogens with zero attached hydrogens (tertiary/aromatic N) is 1. The third-order valence-corrected chi connectivity index (χ3v) is 9.11. The summed E-state index contributed by atoms with van der Waals surface area (Å²) in [5, 5.41) is 15.3. The zero-order chi connectivity index (χ0) is 24.5. The van der Waals surface area contributed by atoms with Crippen molar-refractivity contribution in [2.75, 3.05) is 20.7 Å². The topological polar surface area (TPSA) is 63.2 Å². The minimum atomic E-state index is -0.336. The Balaban J connectivity index is 1.56. The molecule has 0 radical (unpaired) electrons. The van der Waals surface area contributed by atoms with Crippen LogP contribution in [-0.4, -0.2) is 71.2 Å². The summed E-state index contributed by atoms with van der Waals surface area (Å²) in [6.07, 6.45) is 5.52. The highest BCUT2D eigenvalue weighted by atomic mass is 32.1. The number of ether oxygens (including phenoxy) is 3. The molecular formula is C27H40N2O4S. The second-order valence-corrected chi connectivity index (χ2v) is 12.1. The molecule has 0 unspecified atom stereocenters. The molecule has 0 amide bonds. The molecule has 4 aliphatic rings. The molecular weight excluding hydrogens is 448 g/mol. The van der Waals surface area contributed by atoms with Gasteiger partial charge in [-0.2, -0.15) is 0 Å². The number of thiocarbonyl (C=S) groups is 1. The molecule has 34 heavy (non-hydrogen) atoms. The van der Waals surface area contributed by atoms with Gasteiger partial charge in [-0.15, -0.1) is 0 Å². The van der Waals surface area contributed by atoms with E-state index in [-0.39, 0.29) is 46.6 Å². The quantitative estimate of drug-likeness (QED) is 0.585. The first-order valence-corrected chi connectivity index (χ1v) is 13.2. The minimum Gasteiger partial charge on any atom is -0.504 e. The third kappa shape index (κ3) is 3.34. The van der Waals surface area contributed by atoms with E-state index in [9.17, 15) is 5.11 Å². The van der Waals surface area contributed by atoms with Crippen LogP contribution in [-0.2, 0) is 21.3 Å². The number of phenols is 1. The lowest BCUT2D eigenvalue weighted by atomic mass is 9.48. The summed E-state index contributed by atoms with van der Waals surface area (Å²) in [5.74, 6) is 0.904. The maximum Gasteiger partial charge on any atom is 0.177 e. The molecule has 2 aliphatic carbocycles. The number of benzene rings is 1. The highest BCUT2D eigenvalue weighted by Crippen LogP contribution is 2.66. The number of hydrogen-bond donors (Lipinski definition) is 2. The van der Waals surface area contributed by atoms with E-state index >= 15 is 0 Å². The van der Waals surface area contributed by atoms with Gasteiger partial charge in [0, 0.05) is 24.8 Å². The number of phenolic OH excluding ortho intramolecular Hbond substituents is 1. The van der Waals surface area contributed by atoms with Crippen LogP contribution in [0.15, 0.2) is 12.1 Å². The number of aromatic hydroxyl groups is 1. The molecule has 2 bridgehead atoms. The van der Waals surface area contributed by atoms with Crippen molar-refractivity contribution in [3.63, 3.8) is 0 Å². The second-order valence-electron chi connectivity index (χ2n) is 11.7. The predicted molar refractivity (Wildman–Crippen MR) is 137 cm³/mol. The fourth-order valence-electron chi connectivity index (χ4n) is 7.50. The van der Waals surface area contributed by atoms with Gasteiger partial charge in [0.1, 0.15) is 11.7 Å². The lowest BCUT2D eigenvalue weighted by Gasteiger charge is -2.65. The second kappa shape index (κ2) is 8.32. The zero-order valence-electron chi connectivity index (χ0n) is 21.4. The molecule has 1 aromatic carbocycles. The molecule has 2 heterocycles. The Kier molecular flexibility index (Phi) is 5.95. The molecule has 2 aliphatic heterocycles. The fraction of sp³-hybridized carbons (Fsp3) is 0.741. The Morgan fingerprint density at radius 3 is 2.79 bits per heavy atom. The van der Waals surface area contributed by atoms with Crippen molar-refractivity contribution in [3.05, 3.63) is 23.3 Å². The number of rotatable bonds is 6. The normalized spacial score (nSPS) is 34.8. The van der Waals surface area contributed by atoms with Crippen molar-refractivity contribution in [2.24, 2.45) is 0 Å². The van der Waals surface area contributed by atoms with E-state index < -0.39 is 0 Å². The number of piperidine rings is 1. The summed E-state index contributed by atoms with van der Waals surface area (Å²) >= 11 is 5.77. The summed E-state index contributed by atoms with van der Waals surface area (Å²) in [4.78, 5) is 2.47. The van der Waals surface area contributed by atoms with Crippen molar-refractivity contribution >= 4 is 17.3 Å². The average Bonchev–Trinajstić information content (AvgIpc) is 3.13. The molecule has 1 saturated heterocycles. The van der Waals surface area contributed by atoms with Gasteiger partial charge in [-0.25, -0.2) is 0 Å². The fourth-order valence-corrected chi connectivity index (χ4v) is 7.94. The van der Waals surface area contributed by atoms with Crippen LogP contribution in [0.4, 0.5) is 0 Å². The molecule has 6 atom stereocenters. The van der Waals surface area contributed by atoms with Gasteiger partial charge in [0.25, 0.3) is 0 Å². The van der Waals surface area contributed by atoms with E-state index in [1.807, 2.05) is 27.9 Å². The first-order chi connectivity index (χ1) is 16.1. The van der Waals surface area contributed by atoms with Gasteiger partial charge in [0.05, 0.1) is 17.1 Å². The van der Waals surface area contributed by atoms with E-state index in [2.05, 4.69) is 30.3 Å². The molecule has 188 valence electrons. The van der Waals surface area contributed by atoms with Crippen LogP contribution in [0.2, 0.25) is 0 Å². The van der Waals surface area contributed by atoms with Crippen LogP contribution < -0.4 is 10.1 Å². The maximum absolute atomic E-state index is 10.8. The van der Waals surface area contributed by atoms with Crippen molar-refractivity contribution in [3.8, 4) is 11.5 Å². The first-order valence-electron chi connectivity index (χ1n) is 12.8. The molecule has 5 rings (SSSR count). The Morgan fingerprint density at radius 2 is 2.12 bits per heavy atom. The zero-order valence-corrected chi connectivity index (χ0v) is 22.3. The number of nitrogens with one attached hydrogen (secondary N) is 1. The van der Waals surface area contributed by atoms with Crippen LogP contribution in [0.3, 0.4) is 0 Å². The van der Waals surface area contributed by atoms with Gasteiger partial charge in [-0.3, -0.25) is 0 Å². The van der Waals surface area contributed by atoms with Gasteiger partial charge in [-0.05, 0) is 90.3 Å². The number of hydrogen-bond acceptors (Lipinski definition) is 7. The largest absolute Gasteiger partial charge is 0.504 e. The maximum atomic E-state index is 10.8. The standard InChI is InChI=1S/C27H40N2O4S/c1-7-8-18(24(34)33-25(2,3)4)28-17-11-12-27(31-6)20-15-16-9-10-19(30)22-21(16)26(27,23(17)32-22)13-14-29(20)5/h9-10,17-18,20,23,28,30H,7-8,11-15H2,1-6H3/t17-,18-,20+,23-,26-,27+/m0/s1. The van der Waals surface area contributed by atoms with Crippen LogP contribution in [0.25, 0.3) is 0 Å². The lowest BCUT2D eigenvalue weighted by Crippen LogP contribution is -2.78. The van der Waals surface area contributed by atoms with Gasteiger partial charge in [-0.1, -0.05) is 19.4 Å². The van der Waals surface area contributed by atoms with Crippen molar-refractivity contribution in [2.45, 2.75) is 107 Å². The van der Waals surface area contributed by atoms with Crippen molar-refractivity contribution < 1.29 is 19.3 Å². The Bertz CT molecular complexity index is 978. The van der Waals surface area contributed by atoms with E-state index in [4.69, 9.17) is 26.4 Å². The summed E-state index contributed by atoms with van der Waals surface area (Å²) in [5.41, 5.74) is 1.52. The molecule has 2 N–H and O–H groups in total. The number of likely N-dealkylation sites (N-methyl/N-ethyl adjacent to an activating group) is 1. The SMILES string of the molecule is CCC[C@H](N[C@H]1CC[C@@]2(OC)[C@H]3Cc4ccc(O)c5c4[C@@]2(CCN3C)[C@H]1O5)C(=S)OC(C)(C)C. The lowest BCUT2D eigenvalue weighted by molar-refractivity contribution is -0.203. The van der Waals surface area contributed by atoms with E-state index in [1.54, 1.807) is 6.07 Å². The number of methoxy groups -OCH3 is 1. The van der Waals surface area contributed by atoms with Crippen LogP contribution >= 0.6 is 12.2 Å². The Morgan fingerprint density at radius 1 is 1.35 bits per heavy atom. The van der Waals surface area contributed by atoms with Gasteiger partial charge < -0.3 is 29.5 Å². The summed E-state index contributed by atoms with van der Waals surface area (Å²) in [6, 6.07) is 4.24. The minimum absolute atomic E-state index is 0.0262. The molecule has 1 spiro atoms. The summed E-state index contributed by atoms with van der Waals surface area (Å²) in [7, 11) is 4.09. The van der Waals surface area contributed by atoms with Crippen LogP contribution in [0.1, 0.15) is 70.9 Å². The van der Waals surface area contributed by atoms with Crippen LogP contribution in [0, 0.1) is 0 Å². The Labute approximate surface area is 209 Å². The first kappa shape index (κ1) is 24.3. The predicted octanol–water partition coefficient (Wildman–Crippen LogP) is 4.10. The number of likely N-dealkylation sites (tertiary alicyclic amines) is 1.